The van der Waals surface area contributed by atoms with Gasteiger partial charge in [-0.05, 0) is 35.5 Å². The van der Waals surface area contributed by atoms with E-state index in [4.69, 9.17) is 35.4 Å². The van der Waals surface area contributed by atoms with Crippen LogP contribution in [0.4, 0.5) is 0 Å². The normalized spacial score (nSPS) is 10.2. The van der Waals surface area contributed by atoms with E-state index >= 15 is 0 Å². The highest BCUT2D eigenvalue weighted by Gasteiger charge is 2.06. The minimum Gasteiger partial charge on any atom is -0.358 e. The van der Waals surface area contributed by atoms with E-state index in [1.807, 2.05) is 42.3 Å². The number of benzene rings is 2. The summed E-state index contributed by atoms with van der Waals surface area (Å²) in [5.74, 6) is 0. The van der Waals surface area contributed by atoms with E-state index in [1.165, 1.54) is 5.56 Å². The molecule has 0 spiro atoms. The Hall–Kier alpha value is -1.29. The zero-order valence-corrected chi connectivity index (χ0v) is 14.0. The van der Waals surface area contributed by atoms with E-state index in [2.05, 4.69) is 17.4 Å². The smallest absolute Gasteiger partial charge is 0.169 e. The van der Waals surface area contributed by atoms with Gasteiger partial charge in [-0.3, -0.25) is 0 Å². The van der Waals surface area contributed by atoms with Crippen LogP contribution in [0, 0.1) is 0 Å². The Bertz CT molecular complexity index is 617. The summed E-state index contributed by atoms with van der Waals surface area (Å²) in [6.07, 6.45) is 0. The fourth-order valence-electron chi connectivity index (χ4n) is 1.89. The molecule has 0 heterocycles. The van der Waals surface area contributed by atoms with E-state index in [0.717, 1.165) is 5.56 Å². The fourth-order valence-corrected chi connectivity index (χ4v) is 2.35. The molecule has 0 saturated carbocycles. The van der Waals surface area contributed by atoms with Crippen molar-refractivity contribution in [2.75, 3.05) is 7.05 Å². The molecule has 0 saturated heterocycles. The molecule has 0 bridgehead atoms. The molecule has 0 radical (unpaired) electrons. The second-order valence-electron chi connectivity index (χ2n) is 4.75. The van der Waals surface area contributed by atoms with Crippen molar-refractivity contribution in [3.05, 3.63) is 69.7 Å². The zero-order valence-electron chi connectivity index (χ0n) is 11.6. The third-order valence-corrected chi connectivity index (χ3v) is 4.23. The molecule has 2 rings (SSSR count). The fraction of sp³-hybridized carbons (Fsp3) is 0.188. The lowest BCUT2D eigenvalue weighted by atomic mass is 10.2. The predicted molar refractivity (Wildman–Crippen MR) is 93.8 cm³/mol. The molecule has 0 aliphatic heterocycles. The Morgan fingerprint density at radius 3 is 2.43 bits per heavy atom. The van der Waals surface area contributed by atoms with Crippen molar-refractivity contribution in [2.24, 2.45) is 0 Å². The summed E-state index contributed by atoms with van der Waals surface area (Å²) < 4.78 is 0. The van der Waals surface area contributed by atoms with Crippen LogP contribution in [-0.2, 0) is 13.1 Å². The van der Waals surface area contributed by atoms with Crippen molar-refractivity contribution in [1.82, 2.24) is 10.2 Å². The highest BCUT2D eigenvalue weighted by Crippen LogP contribution is 2.23. The number of hydrogen-bond acceptors (Lipinski definition) is 1. The van der Waals surface area contributed by atoms with Gasteiger partial charge in [0.15, 0.2) is 5.11 Å². The van der Waals surface area contributed by atoms with Crippen LogP contribution in [0.15, 0.2) is 48.5 Å². The van der Waals surface area contributed by atoms with Crippen molar-refractivity contribution in [2.45, 2.75) is 13.1 Å². The number of halogens is 2. The molecule has 0 aromatic heterocycles. The number of nitrogens with zero attached hydrogens (tertiary/aromatic N) is 1. The average molecular weight is 339 g/mol. The summed E-state index contributed by atoms with van der Waals surface area (Å²) >= 11 is 17.3. The van der Waals surface area contributed by atoms with Crippen LogP contribution >= 0.6 is 35.4 Å². The monoisotopic (exact) mass is 338 g/mol. The first-order valence-electron chi connectivity index (χ1n) is 6.53. The molecule has 0 atom stereocenters. The first kappa shape index (κ1) is 16.1. The number of nitrogens with one attached hydrogen (secondary N) is 1. The second-order valence-corrected chi connectivity index (χ2v) is 5.95. The van der Waals surface area contributed by atoms with Crippen LogP contribution in [0.2, 0.25) is 10.0 Å². The van der Waals surface area contributed by atoms with Crippen molar-refractivity contribution >= 4 is 40.5 Å². The van der Waals surface area contributed by atoms with Crippen molar-refractivity contribution in [3.8, 4) is 0 Å². The average Bonchev–Trinajstić information content (AvgIpc) is 2.49. The maximum atomic E-state index is 6.02. The molecule has 0 aliphatic carbocycles. The third kappa shape index (κ3) is 4.88. The lowest BCUT2D eigenvalue weighted by Gasteiger charge is -2.21. The molecule has 5 heteroatoms. The minimum atomic E-state index is 0.561. The van der Waals surface area contributed by atoms with Gasteiger partial charge in [-0.25, -0.2) is 0 Å². The van der Waals surface area contributed by atoms with E-state index < -0.39 is 0 Å². The molecule has 21 heavy (non-hydrogen) atoms. The van der Waals surface area contributed by atoms with Gasteiger partial charge in [0, 0.05) is 20.1 Å². The lowest BCUT2D eigenvalue weighted by Crippen LogP contribution is -2.36. The van der Waals surface area contributed by atoms with Crippen LogP contribution in [0.5, 0.6) is 0 Å². The molecule has 2 nitrogen and oxygen atoms in total. The maximum absolute atomic E-state index is 6.02. The van der Waals surface area contributed by atoms with E-state index in [1.54, 1.807) is 6.07 Å². The van der Waals surface area contributed by atoms with Crippen LogP contribution in [0.1, 0.15) is 11.1 Å². The zero-order chi connectivity index (χ0) is 15.2. The summed E-state index contributed by atoms with van der Waals surface area (Å²) in [7, 11) is 1.95. The van der Waals surface area contributed by atoms with Crippen molar-refractivity contribution in [1.29, 1.82) is 0 Å². The molecule has 0 fully saturated rings. The summed E-state index contributed by atoms with van der Waals surface area (Å²) in [4.78, 5) is 1.97. The van der Waals surface area contributed by atoms with E-state index in [0.29, 0.717) is 28.2 Å². The van der Waals surface area contributed by atoms with Gasteiger partial charge in [-0.15, -0.1) is 0 Å². The largest absolute Gasteiger partial charge is 0.358 e. The molecular formula is C16H16Cl2N2S. The highest BCUT2D eigenvalue weighted by atomic mass is 35.5. The summed E-state index contributed by atoms with van der Waals surface area (Å²) in [6.45, 7) is 1.39. The predicted octanol–water partition coefficient (Wildman–Crippen LogP) is 4.50. The van der Waals surface area contributed by atoms with Crippen LogP contribution in [-0.4, -0.2) is 17.1 Å². The molecule has 110 valence electrons. The summed E-state index contributed by atoms with van der Waals surface area (Å²) in [6, 6.07) is 15.8. The third-order valence-electron chi connectivity index (χ3n) is 3.04. The van der Waals surface area contributed by atoms with Gasteiger partial charge in [0.2, 0.25) is 0 Å². The molecule has 2 aromatic rings. The number of thiocarbonyl (C=S) groups is 1. The molecule has 1 N–H and O–H groups in total. The SMILES string of the molecule is CN(Cc1ccc(Cl)c(Cl)c1)C(=S)NCc1ccccc1. The van der Waals surface area contributed by atoms with Crippen molar-refractivity contribution in [3.63, 3.8) is 0 Å². The van der Waals surface area contributed by atoms with Gasteiger partial charge in [0.05, 0.1) is 10.0 Å². The molecule has 0 aliphatic rings. The maximum Gasteiger partial charge on any atom is 0.169 e. The molecule has 0 unspecified atom stereocenters. The van der Waals surface area contributed by atoms with Gasteiger partial charge >= 0.3 is 0 Å². The Kier molecular flexibility index (Phi) is 5.85. The van der Waals surface area contributed by atoms with Crippen LogP contribution in [0.25, 0.3) is 0 Å². The Balaban J connectivity index is 1.88. The second kappa shape index (κ2) is 7.64. The van der Waals surface area contributed by atoms with E-state index in [-0.39, 0.29) is 0 Å². The lowest BCUT2D eigenvalue weighted by molar-refractivity contribution is 0.489. The summed E-state index contributed by atoms with van der Waals surface area (Å²) in [5, 5.41) is 5.07. The van der Waals surface area contributed by atoms with E-state index in [9.17, 15) is 0 Å². The summed E-state index contributed by atoms with van der Waals surface area (Å²) in [5.41, 5.74) is 2.26. The molecular weight excluding hydrogens is 323 g/mol. The van der Waals surface area contributed by atoms with Gasteiger partial charge in [0.25, 0.3) is 0 Å². The van der Waals surface area contributed by atoms with Gasteiger partial charge in [0.1, 0.15) is 0 Å². The van der Waals surface area contributed by atoms with Crippen LogP contribution < -0.4 is 5.32 Å². The standard InChI is InChI=1S/C16H16Cl2N2S/c1-20(11-13-7-8-14(17)15(18)9-13)16(21)19-10-12-5-3-2-4-6-12/h2-9H,10-11H2,1H3,(H,19,21). The van der Waals surface area contributed by atoms with Gasteiger partial charge in [-0.2, -0.15) is 0 Å². The first-order valence-corrected chi connectivity index (χ1v) is 7.69. The Morgan fingerprint density at radius 1 is 1.05 bits per heavy atom. The highest BCUT2D eigenvalue weighted by molar-refractivity contribution is 7.80. The topological polar surface area (TPSA) is 15.3 Å². The molecule has 2 aromatic carbocycles. The van der Waals surface area contributed by atoms with Crippen LogP contribution in [0.3, 0.4) is 0 Å². The quantitative estimate of drug-likeness (QED) is 0.826. The Labute approximate surface area is 140 Å². The number of rotatable bonds is 4. The molecule has 0 amide bonds. The Morgan fingerprint density at radius 2 is 1.76 bits per heavy atom. The number of hydrogen-bond donors (Lipinski definition) is 1. The van der Waals surface area contributed by atoms with Gasteiger partial charge < -0.3 is 10.2 Å². The first-order chi connectivity index (χ1) is 10.1. The van der Waals surface area contributed by atoms with Crippen molar-refractivity contribution < 1.29 is 0 Å². The minimum absolute atomic E-state index is 0.561. The van der Waals surface area contributed by atoms with Gasteiger partial charge in [-0.1, -0.05) is 59.6 Å².